The van der Waals surface area contributed by atoms with Crippen molar-refractivity contribution in [3.63, 3.8) is 0 Å². The number of aromatic amines is 1. The number of benzene rings is 1. The maximum absolute atomic E-state index is 9.54. The van der Waals surface area contributed by atoms with E-state index in [1.807, 2.05) is 24.3 Å². The normalized spacial score (nSPS) is 17.6. The molecule has 29 heavy (non-hydrogen) atoms. The topological polar surface area (TPSA) is 86.3 Å². The fourth-order valence-electron chi connectivity index (χ4n) is 4.04. The van der Waals surface area contributed by atoms with E-state index in [0.717, 1.165) is 66.1 Å². The SMILES string of the molecule is OCc1cccc(-c2nc(N3CCOCC3)c3[nH]cc(C4=CCNCC4)c3n2)c1. The predicted molar refractivity (Wildman–Crippen MR) is 114 cm³/mol. The van der Waals surface area contributed by atoms with Gasteiger partial charge in [0.15, 0.2) is 11.6 Å². The van der Waals surface area contributed by atoms with Crippen LogP contribution in [0.2, 0.25) is 0 Å². The van der Waals surface area contributed by atoms with E-state index in [4.69, 9.17) is 14.7 Å². The van der Waals surface area contributed by atoms with Crippen LogP contribution in [0.15, 0.2) is 36.5 Å². The van der Waals surface area contributed by atoms with Gasteiger partial charge in [0.1, 0.15) is 11.0 Å². The number of hydrogen-bond donors (Lipinski definition) is 3. The van der Waals surface area contributed by atoms with E-state index < -0.39 is 0 Å². The molecule has 1 aromatic carbocycles. The fraction of sp³-hybridized carbons (Fsp3) is 0.364. The van der Waals surface area contributed by atoms with Gasteiger partial charge in [0.05, 0.1) is 19.8 Å². The molecule has 7 nitrogen and oxygen atoms in total. The van der Waals surface area contributed by atoms with Crippen LogP contribution in [-0.2, 0) is 11.3 Å². The Morgan fingerprint density at radius 3 is 2.86 bits per heavy atom. The zero-order valence-electron chi connectivity index (χ0n) is 16.3. The Kier molecular flexibility index (Phi) is 5.01. The van der Waals surface area contributed by atoms with Crippen LogP contribution in [0.5, 0.6) is 0 Å². The van der Waals surface area contributed by atoms with Crippen LogP contribution in [-0.4, -0.2) is 59.5 Å². The lowest BCUT2D eigenvalue weighted by molar-refractivity contribution is 0.122. The van der Waals surface area contributed by atoms with Crippen molar-refractivity contribution in [2.75, 3.05) is 44.3 Å². The summed E-state index contributed by atoms with van der Waals surface area (Å²) < 4.78 is 5.54. The minimum atomic E-state index is 0.00168. The van der Waals surface area contributed by atoms with Crippen LogP contribution in [0.3, 0.4) is 0 Å². The summed E-state index contributed by atoms with van der Waals surface area (Å²) in [5, 5.41) is 12.9. The molecule has 0 aliphatic carbocycles. The lowest BCUT2D eigenvalue weighted by Crippen LogP contribution is -2.37. The maximum Gasteiger partial charge on any atom is 0.162 e. The summed E-state index contributed by atoms with van der Waals surface area (Å²) in [6.07, 6.45) is 5.29. The highest BCUT2D eigenvalue weighted by Gasteiger charge is 2.22. The molecule has 0 bridgehead atoms. The fourth-order valence-corrected chi connectivity index (χ4v) is 4.04. The second kappa shape index (κ2) is 7.94. The molecular weight excluding hydrogens is 366 g/mol. The van der Waals surface area contributed by atoms with Gasteiger partial charge >= 0.3 is 0 Å². The molecular formula is C22H25N5O2. The molecule has 3 N–H and O–H groups in total. The number of fused-ring (bicyclic) bond motifs is 1. The predicted octanol–water partition coefficient (Wildman–Crippen LogP) is 2.33. The maximum atomic E-state index is 9.54. The highest BCUT2D eigenvalue weighted by atomic mass is 16.5. The lowest BCUT2D eigenvalue weighted by atomic mass is 10.0. The molecule has 0 saturated carbocycles. The molecule has 0 amide bonds. The molecule has 4 heterocycles. The third kappa shape index (κ3) is 3.53. The van der Waals surface area contributed by atoms with Gasteiger partial charge in [-0.2, -0.15) is 0 Å². The van der Waals surface area contributed by atoms with Crippen LogP contribution in [0.4, 0.5) is 5.82 Å². The summed E-state index contributed by atoms with van der Waals surface area (Å²) in [4.78, 5) is 15.6. The highest BCUT2D eigenvalue weighted by molar-refractivity contribution is 5.96. The van der Waals surface area contributed by atoms with Crippen molar-refractivity contribution in [2.24, 2.45) is 0 Å². The number of hydrogen-bond acceptors (Lipinski definition) is 6. The van der Waals surface area contributed by atoms with Gasteiger partial charge in [0.25, 0.3) is 0 Å². The van der Waals surface area contributed by atoms with Crippen molar-refractivity contribution in [1.82, 2.24) is 20.3 Å². The highest BCUT2D eigenvalue weighted by Crippen LogP contribution is 2.33. The van der Waals surface area contributed by atoms with Crippen molar-refractivity contribution >= 4 is 22.4 Å². The number of ether oxygens (including phenoxy) is 1. The van der Waals surface area contributed by atoms with Crippen LogP contribution in [0.1, 0.15) is 17.5 Å². The first kappa shape index (κ1) is 18.3. The Morgan fingerprint density at radius 1 is 1.17 bits per heavy atom. The van der Waals surface area contributed by atoms with Crippen LogP contribution in [0, 0.1) is 0 Å². The number of nitrogens with zero attached hydrogens (tertiary/aromatic N) is 3. The molecule has 2 aliphatic rings. The van der Waals surface area contributed by atoms with Gasteiger partial charge < -0.3 is 25.0 Å². The van der Waals surface area contributed by atoms with Crippen LogP contribution in [0.25, 0.3) is 28.0 Å². The number of nitrogens with one attached hydrogen (secondary N) is 2. The zero-order valence-corrected chi connectivity index (χ0v) is 16.3. The molecule has 1 saturated heterocycles. The monoisotopic (exact) mass is 391 g/mol. The van der Waals surface area contributed by atoms with Gasteiger partial charge in [-0.25, -0.2) is 9.97 Å². The van der Waals surface area contributed by atoms with Crippen molar-refractivity contribution < 1.29 is 9.84 Å². The molecule has 3 aromatic rings. The van der Waals surface area contributed by atoms with E-state index >= 15 is 0 Å². The number of aromatic nitrogens is 3. The summed E-state index contributed by atoms with van der Waals surface area (Å²) in [5.41, 5.74) is 6.17. The zero-order chi connectivity index (χ0) is 19.6. The first-order chi connectivity index (χ1) is 14.3. The molecule has 0 spiro atoms. The average molecular weight is 391 g/mol. The Morgan fingerprint density at radius 2 is 2.07 bits per heavy atom. The Balaban J connectivity index is 1.69. The second-order valence-corrected chi connectivity index (χ2v) is 7.44. The molecule has 0 radical (unpaired) electrons. The van der Waals surface area contributed by atoms with Crippen LogP contribution >= 0.6 is 0 Å². The summed E-state index contributed by atoms with van der Waals surface area (Å²) in [5.74, 6) is 1.60. The Labute approximate surface area is 169 Å². The Bertz CT molecular complexity index is 1050. The van der Waals surface area contributed by atoms with Crippen molar-refractivity contribution in [3.05, 3.63) is 47.7 Å². The largest absolute Gasteiger partial charge is 0.392 e. The van der Waals surface area contributed by atoms with E-state index in [-0.39, 0.29) is 6.61 Å². The molecule has 7 heteroatoms. The number of aliphatic hydroxyl groups excluding tert-OH is 1. The number of H-pyrrole nitrogens is 1. The number of rotatable bonds is 4. The van der Waals surface area contributed by atoms with Gasteiger partial charge in [-0.05, 0) is 30.2 Å². The molecule has 2 aliphatic heterocycles. The molecule has 2 aromatic heterocycles. The average Bonchev–Trinajstić information content (AvgIpc) is 3.24. The van der Waals surface area contributed by atoms with E-state index in [1.54, 1.807) is 0 Å². The summed E-state index contributed by atoms with van der Waals surface area (Å²) in [6, 6.07) is 7.81. The third-order valence-electron chi connectivity index (χ3n) is 5.59. The smallest absolute Gasteiger partial charge is 0.162 e. The second-order valence-electron chi connectivity index (χ2n) is 7.44. The van der Waals surface area contributed by atoms with E-state index in [1.165, 1.54) is 5.57 Å². The van der Waals surface area contributed by atoms with Gasteiger partial charge in [0, 0.05) is 37.0 Å². The van der Waals surface area contributed by atoms with Gasteiger partial charge in [-0.15, -0.1) is 0 Å². The number of aliphatic hydroxyl groups is 1. The van der Waals surface area contributed by atoms with Gasteiger partial charge in [0.2, 0.25) is 0 Å². The third-order valence-corrected chi connectivity index (χ3v) is 5.59. The van der Waals surface area contributed by atoms with Crippen molar-refractivity contribution in [1.29, 1.82) is 0 Å². The summed E-state index contributed by atoms with van der Waals surface area (Å²) in [7, 11) is 0. The standard InChI is InChI=1S/C22H25N5O2/c28-14-15-2-1-3-17(12-15)21-25-19-18(16-4-6-23-7-5-16)13-24-20(19)22(26-21)27-8-10-29-11-9-27/h1-4,12-13,23-24,28H,5-11,14H2. The van der Waals surface area contributed by atoms with Gasteiger partial charge in [-0.3, -0.25) is 0 Å². The van der Waals surface area contributed by atoms with E-state index in [9.17, 15) is 5.11 Å². The van der Waals surface area contributed by atoms with Crippen molar-refractivity contribution in [3.8, 4) is 11.4 Å². The number of morpholine rings is 1. The van der Waals surface area contributed by atoms with Crippen molar-refractivity contribution in [2.45, 2.75) is 13.0 Å². The Hall–Kier alpha value is -2.74. The molecule has 0 unspecified atom stereocenters. The first-order valence-corrected chi connectivity index (χ1v) is 10.2. The molecule has 1 fully saturated rings. The van der Waals surface area contributed by atoms with Gasteiger partial charge in [-0.1, -0.05) is 24.3 Å². The minimum absolute atomic E-state index is 0.00168. The minimum Gasteiger partial charge on any atom is -0.392 e. The molecule has 150 valence electrons. The lowest BCUT2D eigenvalue weighted by Gasteiger charge is -2.28. The molecule has 5 rings (SSSR count). The summed E-state index contributed by atoms with van der Waals surface area (Å²) >= 11 is 0. The van der Waals surface area contributed by atoms with E-state index in [2.05, 4.69) is 27.5 Å². The first-order valence-electron chi connectivity index (χ1n) is 10.2. The number of anilines is 1. The molecule has 0 atom stereocenters. The summed E-state index contributed by atoms with van der Waals surface area (Å²) in [6.45, 7) is 4.88. The quantitative estimate of drug-likeness (QED) is 0.633. The van der Waals surface area contributed by atoms with Crippen LogP contribution < -0.4 is 10.2 Å². The van der Waals surface area contributed by atoms with E-state index in [0.29, 0.717) is 19.0 Å².